The molecule has 0 bridgehead atoms. The number of ether oxygens (including phenoxy) is 1. The van der Waals surface area contributed by atoms with Gasteiger partial charge in [-0.25, -0.2) is 0 Å². The average molecular weight is 253 g/mol. The molecule has 0 saturated carbocycles. The second kappa shape index (κ2) is 5.55. The summed E-state index contributed by atoms with van der Waals surface area (Å²) < 4.78 is 5.48. The lowest BCUT2D eigenvalue weighted by molar-refractivity contribution is -0.143. The van der Waals surface area contributed by atoms with Crippen LogP contribution in [0.25, 0.3) is 0 Å². The van der Waals surface area contributed by atoms with E-state index in [1.165, 1.54) is 6.42 Å². The molecule has 0 aromatic heterocycles. The molecule has 18 heavy (non-hydrogen) atoms. The van der Waals surface area contributed by atoms with Gasteiger partial charge in [-0.15, -0.1) is 0 Å². The maximum Gasteiger partial charge on any atom is 0.251 e. The van der Waals surface area contributed by atoms with E-state index in [1.807, 2.05) is 4.90 Å². The number of hydrogen-bond donors (Lipinski definition) is 1. The smallest absolute Gasteiger partial charge is 0.251 e. The molecule has 3 rings (SSSR count). The van der Waals surface area contributed by atoms with Gasteiger partial charge in [-0.05, 0) is 25.8 Å². The van der Waals surface area contributed by atoms with Crippen molar-refractivity contribution in [1.82, 2.24) is 15.1 Å². The van der Waals surface area contributed by atoms with Gasteiger partial charge in [0, 0.05) is 45.4 Å². The fourth-order valence-electron chi connectivity index (χ4n) is 3.23. The second-order valence-electron chi connectivity index (χ2n) is 5.51. The Labute approximate surface area is 108 Å². The normalized spacial score (nSPS) is 34.1. The van der Waals surface area contributed by atoms with E-state index >= 15 is 0 Å². The van der Waals surface area contributed by atoms with Crippen molar-refractivity contribution in [3.8, 4) is 0 Å². The van der Waals surface area contributed by atoms with Crippen LogP contribution in [0.2, 0.25) is 0 Å². The topological polar surface area (TPSA) is 44.8 Å². The van der Waals surface area contributed by atoms with Gasteiger partial charge in [0.2, 0.25) is 0 Å². The Kier molecular flexibility index (Phi) is 3.82. The molecule has 3 fully saturated rings. The lowest BCUT2D eigenvalue weighted by atomic mass is 10.1. The van der Waals surface area contributed by atoms with Crippen LogP contribution in [-0.2, 0) is 9.53 Å². The number of rotatable bonds is 2. The van der Waals surface area contributed by atoms with Crippen LogP contribution in [0, 0.1) is 0 Å². The summed E-state index contributed by atoms with van der Waals surface area (Å²) in [5.41, 5.74) is 0. The van der Waals surface area contributed by atoms with Crippen molar-refractivity contribution >= 4 is 5.91 Å². The maximum atomic E-state index is 12.2. The zero-order valence-electron chi connectivity index (χ0n) is 10.9. The molecule has 1 amide bonds. The molecule has 3 aliphatic rings. The van der Waals surface area contributed by atoms with Crippen LogP contribution >= 0.6 is 0 Å². The fraction of sp³-hybridized carbons (Fsp3) is 0.923. The number of nitrogens with one attached hydrogen (secondary N) is 1. The summed E-state index contributed by atoms with van der Waals surface area (Å²) in [4.78, 5) is 16.7. The van der Waals surface area contributed by atoms with Crippen LogP contribution in [0.4, 0.5) is 0 Å². The maximum absolute atomic E-state index is 12.2. The van der Waals surface area contributed by atoms with Crippen molar-refractivity contribution in [3.63, 3.8) is 0 Å². The van der Waals surface area contributed by atoms with Crippen LogP contribution in [0.5, 0.6) is 0 Å². The third kappa shape index (κ3) is 2.53. The highest BCUT2D eigenvalue weighted by molar-refractivity contribution is 5.81. The molecule has 0 aromatic rings. The molecular formula is C13H23N3O2. The van der Waals surface area contributed by atoms with E-state index in [0.717, 1.165) is 58.7 Å². The lowest BCUT2D eigenvalue weighted by Gasteiger charge is -2.38. The molecule has 3 aliphatic heterocycles. The summed E-state index contributed by atoms with van der Waals surface area (Å²) in [5, 5.41) is 3.41. The van der Waals surface area contributed by atoms with Crippen LogP contribution in [0.15, 0.2) is 0 Å². The van der Waals surface area contributed by atoms with E-state index in [1.54, 1.807) is 0 Å². The molecule has 0 spiro atoms. The highest BCUT2D eigenvalue weighted by Gasteiger charge is 2.32. The number of carbonyl (C=O) groups is 1. The van der Waals surface area contributed by atoms with Crippen molar-refractivity contribution < 1.29 is 9.53 Å². The first-order chi connectivity index (χ1) is 8.84. The summed E-state index contributed by atoms with van der Waals surface area (Å²) in [6.45, 7) is 6.78. The molecule has 1 N–H and O–H groups in total. The third-order valence-electron chi connectivity index (χ3n) is 4.38. The Morgan fingerprint density at radius 2 is 2.00 bits per heavy atom. The Bertz CT molecular complexity index is 291. The van der Waals surface area contributed by atoms with Gasteiger partial charge in [0.15, 0.2) is 0 Å². The minimum atomic E-state index is -0.148. The summed E-state index contributed by atoms with van der Waals surface area (Å²) in [5.74, 6) is 0.219. The average Bonchev–Trinajstić information content (AvgIpc) is 3.11. The van der Waals surface area contributed by atoms with Gasteiger partial charge in [-0.3, -0.25) is 9.69 Å². The molecule has 5 heteroatoms. The number of nitrogens with zero attached hydrogens (tertiary/aromatic N) is 2. The van der Waals surface area contributed by atoms with Gasteiger partial charge in [-0.2, -0.15) is 0 Å². The van der Waals surface area contributed by atoms with Crippen LogP contribution < -0.4 is 5.32 Å². The monoisotopic (exact) mass is 253 g/mol. The summed E-state index contributed by atoms with van der Waals surface area (Å²) in [7, 11) is 0. The Hall–Kier alpha value is -0.650. The van der Waals surface area contributed by atoms with E-state index in [9.17, 15) is 4.79 Å². The SMILES string of the molecule is O=C([C@@H]1CCCO1)N1CCN(C2CCNC2)CC1. The fourth-order valence-corrected chi connectivity index (χ4v) is 3.23. The van der Waals surface area contributed by atoms with Gasteiger partial charge in [0.1, 0.15) is 6.10 Å². The number of carbonyl (C=O) groups excluding carboxylic acids is 1. The predicted molar refractivity (Wildman–Crippen MR) is 68.4 cm³/mol. The lowest BCUT2D eigenvalue weighted by Crippen LogP contribution is -2.54. The quantitative estimate of drug-likeness (QED) is 0.732. The molecule has 5 nitrogen and oxygen atoms in total. The molecule has 0 aromatic carbocycles. The van der Waals surface area contributed by atoms with E-state index in [2.05, 4.69) is 10.2 Å². The van der Waals surface area contributed by atoms with Gasteiger partial charge >= 0.3 is 0 Å². The first-order valence-electron chi connectivity index (χ1n) is 7.20. The van der Waals surface area contributed by atoms with Crippen LogP contribution in [0.1, 0.15) is 19.3 Å². The Morgan fingerprint density at radius 1 is 1.17 bits per heavy atom. The van der Waals surface area contributed by atoms with Crippen molar-refractivity contribution in [3.05, 3.63) is 0 Å². The number of piperazine rings is 1. The largest absolute Gasteiger partial charge is 0.368 e. The summed E-state index contributed by atoms with van der Waals surface area (Å²) >= 11 is 0. The van der Waals surface area contributed by atoms with Gasteiger partial charge in [0.25, 0.3) is 5.91 Å². The van der Waals surface area contributed by atoms with Gasteiger partial charge < -0.3 is 15.0 Å². The first-order valence-corrected chi connectivity index (χ1v) is 7.20. The summed E-state index contributed by atoms with van der Waals surface area (Å²) in [6.07, 6.45) is 3.04. The molecular weight excluding hydrogens is 230 g/mol. The van der Waals surface area contributed by atoms with Gasteiger partial charge in [0.05, 0.1) is 0 Å². The van der Waals surface area contributed by atoms with E-state index in [0.29, 0.717) is 6.04 Å². The summed E-state index contributed by atoms with van der Waals surface area (Å²) in [6, 6.07) is 0.685. The number of hydrogen-bond acceptors (Lipinski definition) is 4. The molecule has 0 radical (unpaired) electrons. The second-order valence-corrected chi connectivity index (χ2v) is 5.51. The molecule has 102 valence electrons. The predicted octanol–water partition coefficient (Wildman–Crippen LogP) is -0.328. The van der Waals surface area contributed by atoms with E-state index in [-0.39, 0.29) is 12.0 Å². The molecule has 0 aliphatic carbocycles. The minimum absolute atomic E-state index is 0.148. The number of amides is 1. The van der Waals surface area contributed by atoms with Crippen molar-refractivity contribution in [2.45, 2.75) is 31.4 Å². The minimum Gasteiger partial charge on any atom is -0.368 e. The van der Waals surface area contributed by atoms with Crippen LogP contribution in [-0.4, -0.2) is 73.7 Å². The van der Waals surface area contributed by atoms with Crippen molar-refractivity contribution in [2.24, 2.45) is 0 Å². The van der Waals surface area contributed by atoms with Crippen molar-refractivity contribution in [1.29, 1.82) is 0 Å². The Balaban J connectivity index is 1.48. The molecule has 3 heterocycles. The zero-order valence-corrected chi connectivity index (χ0v) is 10.9. The first kappa shape index (κ1) is 12.4. The van der Waals surface area contributed by atoms with Crippen LogP contribution in [0.3, 0.4) is 0 Å². The molecule has 3 saturated heterocycles. The third-order valence-corrected chi connectivity index (χ3v) is 4.38. The molecule has 1 unspecified atom stereocenters. The van der Waals surface area contributed by atoms with Crippen molar-refractivity contribution in [2.75, 3.05) is 45.9 Å². The highest BCUT2D eigenvalue weighted by atomic mass is 16.5. The zero-order chi connectivity index (χ0) is 12.4. The molecule has 2 atom stereocenters. The van der Waals surface area contributed by atoms with E-state index < -0.39 is 0 Å². The Morgan fingerprint density at radius 3 is 2.61 bits per heavy atom. The highest BCUT2D eigenvalue weighted by Crippen LogP contribution is 2.17. The van der Waals surface area contributed by atoms with E-state index in [4.69, 9.17) is 4.74 Å². The van der Waals surface area contributed by atoms with Gasteiger partial charge in [-0.1, -0.05) is 0 Å². The standard InChI is InChI=1S/C13H23N3O2/c17-13(12-2-1-9-18-12)16-7-5-15(6-8-16)11-3-4-14-10-11/h11-12,14H,1-10H2/t11?,12-/m0/s1.